The second-order valence-electron chi connectivity index (χ2n) is 6.97. The summed E-state index contributed by atoms with van der Waals surface area (Å²) >= 11 is 0. The number of azo groups is 1. The first-order valence-corrected chi connectivity index (χ1v) is 11.1. The maximum absolute atomic E-state index is 12.7. The zero-order valence-corrected chi connectivity index (χ0v) is 18.1. The Hall–Kier alpha value is -3.99. The summed E-state index contributed by atoms with van der Waals surface area (Å²) in [6, 6.07) is 15.6. The van der Waals surface area contributed by atoms with Crippen LogP contribution in [0.1, 0.15) is 12.6 Å². The monoisotopic (exact) mass is 449 g/mol. The van der Waals surface area contributed by atoms with Gasteiger partial charge in [0.05, 0.1) is 22.0 Å². The molecule has 0 aliphatic carbocycles. The number of hydrogen-bond acceptors (Lipinski definition) is 8. The summed E-state index contributed by atoms with van der Waals surface area (Å²) < 4.78 is 27.4. The van der Waals surface area contributed by atoms with E-state index in [-0.39, 0.29) is 16.8 Å². The molecule has 0 fully saturated rings. The summed E-state index contributed by atoms with van der Waals surface area (Å²) in [5.41, 5.74) is 2.20. The van der Waals surface area contributed by atoms with Crippen molar-refractivity contribution in [3.63, 3.8) is 0 Å². The zero-order chi connectivity index (χ0) is 22.7. The third kappa shape index (κ3) is 4.52. The lowest BCUT2D eigenvalue weighted by Gasteiger charge is -2.11. The lowest BCUT2D eigenvalue weighted by atomic mass is 10.2. The van der Waals surface area contributed by atoms with Crippen LogP contribution in [-0.4, -0.2) is 36.0 Å². The summed E-state index contributed by atoms with van der Waals surface area (Å²) in [6.45, 7) is 3.44. The topological polar surface area (TPSA) is 129 Å². The van der Waals surface area contributed by atoms with E-state index in [1.807, 2.05) is 18.2 Å². The van der Waals surface area contributed by atoms with Gasteiger partial charge in [0.15, 0.2) is 6.04 Å². The molecule has 0 saturated heterocycles. The summed E-state index contributed by atoms with van der Waals surface area (Å²) in [7, 11) is -3.86. The van der Waals surface area contributed by atoms with Gasteiger partial charge in [0.2, 0.25) is 5.95 Å². The lowest BCUT2D eigenvalue weighted by Crippen LogP contribution is -2.29. The third-order valence-corrected chi connectivity index (χ3v) is 5.90. The highest BCUT2D eigenvalue weighted by Crippen LogP contribution is 2.24. The molecule has 0 radical (unpaired) electrons. The Morgan fingerprint density at radius 3 is 2.41 bits per heavy atom. The van der Waals surface area contributed by atoms with Crippen LogP contribution in [0.3, 0.4) is 0 Å². The lowest BCUT2D eigenvalue weighted by molar-refractivity contribution is -0.117. The fraction of sp³-hybridized carbons (Fsp3) is 0.143. The van der Waals surface area contributed by atoms with Crippen molar-refractivity contribution in [2.24, 2.45) is 15.3 Å². The van der Waals surface area contributed by atoms with Crippen molar-refractivity contribution < 1.29 is 13.2 Å². The van der Waals surface area contributed by atoms with Gasteiger partial charge in [-0.25, -0.2) is 23.1 Å². The minimum absolute atomic E-state index is 0.00811. The highest BCUT2D eigenvalue weighted by Gasteiger charge is 2.34. The van der Waals surface area contributed by atoms with E-state index >= 15 is 0 Å². The minimum Gasteiger partial charge on any atom is -0.269 e. The van der Waals surface area contributed by atoms with Gasteiger partial charge >= 0.3 is 0 Å². The summed E-state index contributed by atoms with van der Waals surface area (Å²) in [6.07, 6.45) is 1.47. The number of nitrogens with one attached hydrogen (secondary N) is 1. The van der Waals surface area contributed by atoms with E-state index in [1.165, 1.54) is 35.5 Å². The summed E-state index contributed by atoms with van der Waals surface area (Å²) in [5, 5.41) is 13.8. The van der Waals surface area contributed by atoms with E-state index in [1.54, 1.807) is 32.0 Å². The van der Waals surface area contributed by atoms with Crippen LogP contribution in [0.2, 0.25) is 0 Å². The van der Waals surface area contributed by atoms with Crippen molar-refractivity contribution in [1.29, 1.82) is 0 Å². The molecule has 1 amide bonds. The van der Waals surface area contributed by atoms with Crippen molar-refractivity contribution in [1.82, 2.24) is 9.97 Å². The van der Waals surface area contributed by atoms with Crippen LogP contribution in [0.15, 0.2) is 87.1 Å². The van der Waals surface area contributed by atoms with E-state index in [2.05, 4.69) is 30.0 Å². The number of para-hydroxylation sites is 1. The number of hydrazone groups is 1. The molecule has 3 aromatic rings. The van der Waals surface area contributed by atoms with Gasteiger partial charge in [-0.1, -0.05) is 18.2 Å². The number of amides is 1. The molecular weight excluding hydrogens is 430 g/mol. The van der Waals surface area contributed by atoms with Crippen LogP contribution in [-0.2, 0) is 14.8 Å². The third-order valence-electron chi connectivity index (χ3n) is 4.55. The first-order chi connectivity index (χ1) is 15.3. The average Bonchev–Trinajstić information content (AvgIpc) is 3.06. The standard InChI is InChI=1S/C21H19N7O3S/c1-14-12-13-22-21(23-14)27-32(30,31)18-10-8-16(9-11-18)24-25-19-15(2)26-28(20(19)29)17-6-4-3-5-7-17/h3-13,19H,1-2H3,(H,22,23,27)/t19-/m0/s1. The van der Waals surface area contributed by atoms with Crippen LogP contribution in [0, 0.1) is 6.92 Å². The second kappa shape index (κ2) is 8.63. The van der Waals surface area contributed by atoms with Crippen LogP contribution < -0.4 is 9.73 Å². The first kappa shape index (κ1) is 21.2. The normalized spacial score (nSPS) is 16.4. The second-order valence-corrected chi connectivity index (χ2v) is 8.65. The number of aryl methyl sites for hydroxylation is 1. The Balaban J connectivity index is 1.47. The number of anilines is 2. The Kier molecular flexibility index (Phi) is 5.73. The van der Waals surface area contributed by atoms with Gasteiger partial charge in [-0.05, 0) is 56.3 Å². The Morgan fingerprint density at radius 2 is 1.72 bits per heavy atom. The van der Waals surface area contributed by atoms with Crippen molar-refractivity contribution >= 4 is 39.0 Å². The quantitative estimate of drug-likeness (QED) is 0.576. The maximum atomic E-state index is 12.7. The fourth-order valence-corrected chi connectivity index (χ4v) is 3.89. The zero-order valence-electron chi connectivity index (χ0n) is 17.2. The van der Waals surface area contributed by atoms with Gasteiger partial charge < -0.3 is 0 Å². The molecule has 1 aromatic heterocycles. The molecule has 162 valence electrons. The van der Waals surface area contributed by atoms with E-state index in [0.29, 0.717) is 22.8 Å². The molecule has 0 bridgehead atoms. The van der Waals surface area contributed by atoms with Gasteiger partial charge in [-0.2, -0.15) is 20.3 Å². The number of hydrogen-bond donors (Lipinski definition) is 1. The van der Waals surface area contributed by atoms with Crippen LogP contribution in [0.25, 0.3) is 0 Å². The smallest absolute Gasteiger partial charge is 0.269 e. The number of carbonyl (C=O) groups is 1. The van der Waals surface area contributed by atoms with E-state index < -0.39 is 16.1 Å². The van der Waals surface area contributed by atoms with E-state index in [0.717, 1.165) is 0 Å². The first-order valence-electron chi connectivity index (χ1n) is 9.61. The minimum atomic E-state index is -3.86. The number of nitrogens with zero attached hydrogens (tertiary/aromatic N) is 6. The highest BCUT2D eigenvalue weighted by atomic mass is 32.2. The Bertz CT molecular complexity index is 1310. The van der Waals surface area contributed by atoms with Gasteiger partial charge in [-0.15, -0.1) is 0 Å². The molecule has 4 rings (SSSR count). The average molecular weight is 449 g/mol. The predicted molar refractivity (Wildman–Crippen MR) is 119 cm³/mol. The van der Waals surface area contributed by atoms with E-state index in [9.17, 15) is 13.2 Å². The number of sulfonamides is 1. The molecule has 0 saturated carbocycles. The molecule has 1 atom stereocenters. The van der Waals surface area contributed by atoms with Gasteiger partial charge in [0.25, 0.3) is 15.9 Å². The van der Waals surface area contributed by atoms with Crippen LogP contribution in [0.5, 0.6) is 0 Å². The summed E-state index contributed by atoms with van der Waals surface area (Å²) in [5.74, 6) is -0.315. The van der Waals surface area contributed by atoms with Gasteiger partial charge in [0.1, 0.15) is 0 Å². The molecule has 0 unspecified atom stereocenters. The molecule has 2 aromatic carbocycles. The molecule has 1 aliphatic rings. The Morgan fingerprint density at radius 1 is 1.00 bits per heavy atom. The van der Waals surface area contributed by atoms with Gasteiger partial charge in [0, 0.05) is 11.9 Å². The van der Waals surface area contributed by atoms with Crippen molar-refractivity contribution in [3.8, 4) is 0 Å². The molecule has 0 spiro atoms. The molecule has 32 heavy (non-hydrogen) atoms. The van der Waals surface area contributed by atoms with Crippen molar-refractivity contribution in [2.45, 2.75) is 24.8 Å². The molecule has 2 heterocycles. The number of benzene rings is 2. The highest BCUT2D eigenvalue weighted by molar-refractivity contribution is 7.92. The van der Waals surface area contributed by atoms with E-state index in [4.69, 9.17) is 0 Å². The van der Waals surface area contributed by atoms with Crippen LogP contribution in [0.4, 0.5) is 17.3 Å². The number of rotatable bonds is 6. The van der Waals surface area contributed by atoms with Crippen molar-refractivity contribution in [3.05, 3.63) is 72.6 Å². The molecule has 1 N–H and O–H groups in total. The number of carbonyl (C=O) groups excluding carboxylic acids is 1. The molecular formula is C21H19N7O3S. The van der Waals surface area contributed by atoms with Crippen molar-refractivity contribution in [2.75, 3.05) is 9.73 Å². The Labute approximate surface area is 184 Å². The molecule has 1 aliphatic heterocycles. The molecule has 11 heteroatoms. The predicted octanol–water partition coefficient (Wildman–Crippen LogP) is 3.46. The summed E-state index contributed by atoms with van der Waals surface area (Å²) in [4.78, 5) is 20.6. The van der Waals surface area contributed by atoms with Gasteiger partial charge in [-0.3, -0.25) is 4.79 Å². The number of aromatic nitrogens is 2. The largest absolute Gasteiger partial charge is 0.280 e. The molecule has 10 nitrogen and oxygen atoms in total. The maximum Gasteiger partial charge on any atom is 0.280 e. The fourth-order valence-electron chi connectivity index (χ4n) is 2.94. The SMILES string of the molecule is CC1=NN(c2ccccc2)C(=O)[C@H]1N=Nc1ccc(S(=O)(=O)Nc2nccc(C)n2)cc1. The van der Waals surface area contributed by atoms with Crippen LogP contribution >= 0.6 is 0 Å².